The summed E-state index contributed by atoms with van der Waals surface area (Å²) >= 11 is 5.87. The van der Waals surface area contributed by atoms with Crippen molar-refractivity contribution in [3.05, 3.63) is 76.7 Å². The monoisotopic (exact) mass is 574 g/mol. The number of Topliss-reactive ketones (excluding diaryl/α,β-unsaturated/α-hetero) is 1. The van der Waals surface area contributed by atoms with Crippen molar-refractivity contribution < 1.29 is 18.8 Å². The number of hydrogen-bond donors (Lipinski definition) is 1. The van der Waals surface area contributed by atoms with E-state index in [1.54, 1.807) is 36.4 Å². The van der Waals surface area contributed by atoms with Gasteiger partial charge in [-0.15, -0.1) is 0 Å². The molecule has 9 nitrogen and oxygen atoms in total. The molecule has 2 aromatic carbocycles. The lowest BCUT2D eigenvalue weighted by molar-refractivity contribution is -0.140. The van der Waals surface area contributed by atoms with Crippen molar-refractivity contribution in [3.8, 4) is 11.1 Å². The number of ketones is 1. The zero-order valence-corrected chi connectivity index (χ0v) is 23.6. The van der Waals surface area contributed by atoms with Crippen LogP contribution in [0.25, 0.3) is 22.0 Å². The molecule has 2 amide bonds. The fourth-order valence-corrected chi connectivity index (χ4v) is 6.03. The molecule has 210 valence electrons. The van der Waals surface area contributed by atoms with E-state index in [2.05, 4.69) is 27.3 Å². The number of carbonyl (C=O) groups excluding carboxylic acids is 3. The molecular formula is C30H28ClFN6O3. The third-order valence-corrected chi connectivity index (χ3v) is 8.49. The molecule has 2 aliphatic rings. The van der Waals surface area contributed by atoms with Gasteiger partial charge in [-0.05, 0) is 48.9 Å². The number of likely N-dealkylation sites (tertiary alicyclic amines) is 1. The molecule has 4 aromatic rings. The van der Waals surface area contributed by atoms with Crippen LogP contribution in [0, 0.1) is 18.2 Å². The summed E-state index contributed by atoms with van der Waals surface area (Å²) in [5.41, 5.74) is 2.66. The summed E-state index contributed by atoms with van der Waals surface area (Å²) in [6, 6.07) is 9.44. The number of piperidine rings is 1. The van der Waals surface area contributed by atoms with E-state index in [-0.39, 0.29) is 58.4 Å². The number of aromatic nitrogens is 4. The van der Waals surface area contributed by atoms with Crippen LogP contribution < -0.4 is 5.32 Å². The fourth-order valence-electron chi connectivity index (χ4n) is 5.84. The van der Waals surface area contributed by atoms with Gasteiger partial charge in [0, 0.05) is 48.4 Å². The lowest BCUT2D eigenvalue weighted by Crippen LogP contribution is -2.48. The van der Waals surface area contributed by atoms with Crippen molar-refractivity contribution in [1.29, 1.82) is 0 Å². The standard InChI is InChI=1S/C30H28ClFN6O3/c1-16(39)28-21-9-18(20-13-33-17(2)34-14-20)7-8-23(21)37(36-28)15-26(40)38-24(10-30(3)11-25(30)38)29(41)35-12-19-5-4-6-22(31)27(19)32/h4-9,13-14,24-25H,10-12,15H2,1-3H3,(H,35,41)/t24-,25?,30-/m0/s1. The van der Waals surface area contributed by atoms with Crippen LogP contribution in [0.3, 0.4) is 0 Å². The van der Waals surface area contributed by atoms with Crippen molar-refractivity contribution in [3.63, 3.8) is 0 Å². The van der Waals surface area contributed by atoms with E-state index >= 15 is 0 Å². The van der Waals surface area contributed by atoms with Crippen molar-refractivity contribution in [2.24, 2.45) is 5.41 Å². The molecule has 11 heteroatoms. The van der Waals surface area contributed by atoms with E-state index in [0.29, 0.717) is 23.1 Å². The molecule has 2 aromatic heterocycles. The van der Waals surface area contributed by atoms with E-state index in [1.165, 1.54) is 17.7 Å². The molecule has 6 rings (SSSR count). The van der Waals surface area contributed by atoms with E-state index in [0.717, 1.165) is 17.5 Å². The molecule has 3 heterocycles. The highest BCUT2D eigenvalue weighted by atomic mass is 35.5. The number of hydrogen-bond acceptors (Lipinski definition) is 6. The number of fused-ring (bicyclic) bond motifs is 2. The maximum absolute atomic E-state index is 14.3. The zero-order valence-electron chi connectivity index (χ0n) is 22.8. The molecule has 1 aliphatic carbocycles. The number of rotatable bonds is 7. The average molecular weight is 575 g/mol. The number of benzene rings is 2. The van der Waals surface area contributed by atoms with Gasteiger partial charge >= 0.3 is 0 Å². The van der Waals surface area contributed by atoms with Crippen LogP contribution in [0.1, 0.15) is 48.6 Å². The summed E-state index contributed by atoms with van der Waals surface area (Å²) < 4.78 is 15.9. The Morgan fingerprint density at radius 1 is 1.12 bits per heavy atom. The molecule has 3 atom stereocenters. The quantitative estimate of drug-likeness (QED) is 0.326. The molecule has 2 fully saturated rings. The summed E-state index contributed by atoms with van der Waals surface area (Å²) in [4.78, 5) is 49.6. The van der Waals surface area contributed by atoms with E-state index in [1.807, 2.05) is 18.2 Å². The van der Waals surface area contributed by atoms with E-state index < -0.39 is 11.9 Å². The van der Waals surface area contributed by atoms with Crippen molar-refractivity contribution in [1.82, 2.24) is 30.0 Å². The van der Waals surface area contributed by atoms with Gasteiger partial charge in [0.2, 0.25) is 11.8 Å². The number of nitrogens with one attached hydrogen (secondary N) is 1. The third kappa shape index (κ3) is 4.86. The van der Waals surface area contributed by atoms with Crippen molar-refractivity contribution in [2.75, 3.05) is 0 Å². The smallest absolute Gasteiger partial charge is 0.245 e. The van der Waals surface area contributed by atoms with Gasteiger partial charge in [-0.1, -0.05) is 36.7 Å². The van der Waals surface area contributed by atoms with Gasteiger partial charge in [-0.3, -0.25) is 19.1 Å². The molecule has 1 aliphatic heterocycles. The first-order valence-corrected chi connectivity index (χ1v) is 13.8. The molecule has 0 bridgehead atoms. The summed E-state index contributed by atoms with van der Waals surface area (Å²) in [7, 11) is 0. The first-order chi connectivity index (χ1) is 19.6. The van der Waals surface area contributed by atoms with E-state index in [4.69, 9.17) is 11.6 Å². The Morgan fingerprint density at radius 2 is 1.88 bits per heavy atom. The Bertz CT molecular complexity index is 1720. The molecule has 1 N–H and O–H groups in total. The lowest BCUT2D eigenvalue weighted by Gasteiger charge is -2.27. The lowest BCUT2D eigenvalue weighted by atomic mass is 10.0. The second-order valence-corrected chi connectivity index (χ2v) is 11.5. The average Bonchev–Trinajstić information content (AvgIpc) is 3.31. The number of amides is 2. The fraction of sp³-hybridized carbons (Fsp3) is 0.333. The van der Waals surface area contributed by atoms with Crippen LogP contribution in [0.15, 0.2) is 48.8 Å². The Morgan fingerprint density at radius 3 is 2.61 bits per heavy atom. The third-order valence-electron chi connectivity index (χ3n) is 8.19. The molecule has 0 spiro atoms. The number of halogens is 2. The second kappa shape index (κ2) is 10.0. The first-order valence-electron chi connectivity index (χ1n) is 13.4. The van der Waals surface area contributed by atoms with Crippen LogP contribution in [0.2, 0.25) is 5.02 Å². The van der Waals surface area contributed by atoms with Crippen LogP contribution >= 0.6 is 11.6 Å². The van der Waals surface area contributed by atoms with Crippen LogP contribution in [-0.2, 0) is 22.7 Å². The Labute approximate surface area is 240 Å². The van der Waals surface area contributed by atoms with Gasteiger partial charge in [-0.2, -0.15) is 5.10 Å². The van der Waals surface area contributed by atoms with Crippen molar-refractivity contribution in [2.45, 2.75) is 58.8 Å². The Kier molecular flexibility index (Phi) is 6.60. The second-order valence-electron chi connectivity index (χ2n) is 11.1. The molecular weight excluding hydrogens is 547 g/mol. The molecule has 1 saturated heterocycles. The minimum Gasteiger partial charge on any atom is -0.350 e. The Balaban J connectivity index is 1.25. The van der Waals surface area contributed by atoms with Gasteiger partial charge in [0.05, 0.1) is 10.5 Å². The first kappa shape index (κ1) is 27.0. The summed E-state index contributed by atoms with van der Waals surface area (Å²) in [5, 5.41) is 7.89. The topological polar surface area (TPSA) is 110 Å². The Hall–Kier alpha value is -4.18. The minimum atomic E-state index is -0.685. The maximum Gasteiger partial charge on any atom is 0.245 e. The van der Waals surface area contributed by atoms with Gasteiger partial charge in [0.15, 0.2) is 5.78 Å². The predicted octanol–water partition coefficient (Wildman–Crippen LogP) is 4.49. The number of carbonyl (C=O) groups is 3. The predicted molar refractivity (Wildman–Crippen MR) is 151 cm³/mol. The van der Waals surface area contributed by atoms with Gasteiger partial charge in [0.1, 0.15) is 29.9 Å². The number of nitrogens with zero attached hydrogens (tertiary/aromatic N) is 5. The summed E-state index contributed by atoms with van der Waals surface area (Å²) in [6.45, 7) is 5.14. The molecule has 0 radical (unpaired) electrons. The molecule has 1 unspecified atom stereocenters. The van der Waals surface area contributed by atoms with Gasteiger partial charge in [-0.25, -0.2) is 14.4 Å². The highest BCUT2D eigenvalue weighted by Crippen LogP contribution is 2.59. The largest absolute Gasteiger partial charge is 0.350 e. The van der Waals surface area contributed by atoms with E-state index in [9.17, 15) is 18.8 Å². The summed E-state index contributed by atoms with van der Waals surface area (Å²) in [6.07, 6.45) is 4.77. The van der Waals surface area contributed by atoms with Crippen LogP contribution in [0.4, 0.5) is 4.39 Å². The highest BCUT2D eigenvalue weighted by molar-refractivity contribution is 6.30. The van der Waals surface area contributed by atoms with Gasteiger partial charge < -0.3 is 10.2 Å². The SMILES string of the molecule is CC(=O)c1nn(CC(=O)N2C3C[C@]3(C)C[C@H]2C(=O)NCc2cccc(Cl)c2F)c2ccc(-c3cnc(C)nc3)cc12. The summed E-state index contributed by atoms with van der Waals surface area (Å²) in [5.74, 6) is -0.747. The normalized spacial score (nSPS) is 21.1. The van der Waals surface area contributed by atoms with Gasteiger partial charge in [0.25, 0.3) is 0 Å². The van der Waals surface area contributed by atoms with Crippen LogP contribution in [-0.4, -0.2) is 54.3 Å². The molecule has 1 saturated carbocycles. The molecule has 41 heavy (non-hydrogen) atoms. The van der Waals surface area contributed by atoms with Crippen LogP contribution in [0.5, 0.6) is 0 Å². The highest BCUT2D eigenvalue weighted by Gasteiger charge is 2.64. The van der Waals surface area contributed by atoms with Crippen molar-refractivity contribution >= 4 is 40.1 Å². The zero-order chi connectivity index (χ0) is 29.1. The maximum atomic E-state index is 14.3. The minimum absolute atomic E-state index is 0.0149. The number of aryl methyl sites for hydroxylation is 1.